The monoisotopic (exact) mass is 205 g/mol. The molecule has 1 fully saturated rings. The van der Waals surface area contributed by atoms with Gasteiger partial charge >= 0.3 is 0 Å². The van der Waals surface area contributed by atoms with Crippen LogP contribution in [0.1, 0.15) is 30.8 Å². The predicted octanol–water partition coefficient (Wildman–Crippen LogP) is 1.37. The lowest BCUT2D eigenvalue weighted by Gasteiger charge is -2.11. The minimum Gasteiger partial charge on any atom is -0.335 e. The summed E-state index contributed by atoms with van der Waals surface area (Å²) in [4.78, 5) is 4.75. The highest BCUT2D eigenvalue weighted by atomic mass is 15.1. The molecule has 0 aromatic carbocycles. The number of hydrogen-bond acceptors (Lipinski definition) is 2. The van der Waals surface area contributed by atoms with Gasteiger partial charge in [0, 0.05) is 19.2 Å². The van der Waals surface area contributed by atoms with Crippen LogP contribution in [0.2, 0.25) is 0 Å². The van der Waals surface area contributed by atoms with Gasteiger partial charge in [0.2, 0.25) is 0 Å². The van der Waals surface area contributed by atoms with Crippen molar-refractivity contribution < 1.29 is 0 Å². The molecule has 2 aliphatic rings. The molecule has 0 spiro atoms. The van der Waals surface area contributed by atoms with Gasteiger partial charge in [0.25, 0.3) is 0 Å². The molecule has 1 aromatic rings. The molecule has 0 amide bonds. The zero-order valence-corrected chi connectivity index (χ0v) is 9.21. The Balaban J connectivity index is 1.72. The number of aromatic nitrogens is 2. The highest BCUT2D eigenvalue weighted by molar-refractivity contribution is 5.07. The fourth-order valence-electron chi connectivity index (χ4n) is 2.75. The number of rotatable bonds is 2. The molecule has 1 saturated heterocycles. The first-order chi connectivity index (χ1) is 7.42. The first kappa shape index (κ1) is 9.40. The molecule has 0 radical (unpaired) electrons. The summed E-state index contributed by atoms with van der Waals surface area (Å²) in [5.41, 5.74) is 1.32. The molecule has 0 bridgehead atoms. The van der Waals surface area contributed by atoms with E-state index in [1.165, 1.54) is 63.3 Å². The van der Waals surface area contributed by atoms with Crippen molar-refractivity contribution in [2.24, 2.45) is 5.92 Å². The Morgan fingerprint density at radius 2 is 2.47 bits per heavy atom. The van der Waals surface area contributed by atoms with Crippen molar-refractivity contribution in [1.82, 2.24) is 14.9 Å². The molecule has 0 aliphatic carbocycles. The lowest BCUT2D eigenvalue weighted by molar-refractivity contribution is 0.522. The van der Waals surface area contributed by atoms with E-state index >= 15 is 0 Å². The molecule has 3 heteroatoms. The quantitative estimate of drug-likeness (QED) is 0.790. The van der Waals surface area contributed by atoms with E-state index in [0.29, 0.717) is 0 Å². The smallest absolute Gasteiger partial charge is 0.108 e. The van der Waals surface area contributed by atoms with E-state index in [4.69, 9.17) is 4.98 Å². The number of imidazole rings is 1. The topological polar surface area (TPSA) is 29.9 Å². The summed E-state index contributed by atoms with van der Waals surface area (Å²) in [5.74, 6) is 2.14. The van der Waals surface area contributed by atoms with E-state index in [1.807, 2.05) is 0 Å². The Morgan fingerprint density at radius 1 is 1.47 bits per heavy atom. The predicted molar refractivity (Wildman–Crippen MR) is 59.8 cm³/mol. The lowest BCUT2D eigenvalue weighted by atomic mass is 10.0. The molecular formula is C12H19N3. The SMILES string of the molecule is c1c(CC2CCNC2)nc2n1CCCC2. The fraction of sp³-hybridized carbons (Fsp3) is 0.750. The van der Waals surface area contributed by atoms with Crippen LogP contribution in [0.25, 0.3) is 0 Å². The van der Waals surface area contributed by atoms with Crippen LogP contribution in [-0.2, 0) is 19.4 Å². The highest BCUT2D eigenvalue weighted by Gasteiger charge is 2.18. The Hall–Kier alpha value is -0.830. The van der Waals surface area contributed by atoms with E-state index in [-0.39, 0.29) is 0 Å². The highest BCUT2D eigenvalue weighted by Crippen LogP contribution is 2.18. The van der Waals surface area contributed by atoms with Gasteiger partial charge in [-0.1, -0.05) is 0 Å². The molecule has 82 valence electrons. The van der Waals surface area contributed by atoms with Crippen molar-refractivity contribution in [2.75, 3.05) is 13.1 Å². The van der Waals surface area contributed by atoms with Gasteiger partial charge in [0.15, 0.2) is 0 Å². The Kier molecular flexibility index (Phi) is 2.49. The van der Waals surface area contributed by atoms with E-state index in [2.05, 4.69) is 16.1 Å². The molecule has 1 N–H and O–H groups in total. The van der Waals surface area contributed by atoms with Crippen LogP contribution < -0.4 is 5.32 Å². The zero-order chi connectivity index (χ0) is 10.1. The van der Waals surface area contributed by atoms with Crippen molar-refractivity contribution in [3.63, 3.8) is 0 Å². The van der Waals surface area contributed by atoms with Gasteiger partial charge < -0.3 is 9.88 Å². The molecule has 1 unspecified atom stereocenters. The van der Waals surface area contributed by atoms with Crippen molar-refractivity contribution in [3.05, 3.63) is 17.7 Å². The Labute approximate surface area is 90.9 Å². The van der Waals surface area contributed by atoms with Crippen LogP contribution in [0, 0.1) is 5.92 Å². The van der Waals surface area contributed by atoms with Crippen LogP contribution in [0.15, 0.2) is 6.20 Å². The summed E-state index contributed by atoms with van der Waals surface area (Å²) >= 11 is 0. The van der Waals surface area contributed by atoms with Crippen molar-refractivity contribution in [3.8, 4) is 0 Å². The average Bonchev–Trinajstić information content (AvgIpc) is 2.86. The fourth-order valence-corrected chi connectivity index (χ4v) is 2.75. The molecule has 2 aliphatic heterocycles. The van der Waals surface area contributed by atoms with E-state index in [9.17, 15) is 0 Å². The second kappa shape index (κ2) is 3.97. The summed E-state index contributed by atoms with van der Waals surface area (Å²) in [6.07, 6.45) is 8.61. The van der Waals surface area contributed by atoms with Gasteiger partial charge in [-0.2, -0.15) is 0 Å². The average molecular weight is 205 g/mol. The molecule has 3 heterocycles. The van der Waals surface area contributed by atoms with E-state index < -0.39 is 0 Å². The third kappa shape index (κ3) is 1.93. The number of fused-ring (bicyclic) bond motifs is 1. The van der Waals surface area contributed by atoms with Crippen LogP contribution in [0.4, 0.5) is 0 Å². The summed E-state index contributed by atoms with van der Waals surface area (Å²) < 4.78 is 2.36. The van der Waals surface area contributed by atoms with Crippen molar-refractivity contribution in [2.45, 2.75) is 38.6 Å². The van der Waals surface area contributed by atoms with Gasteiger partial charge in [0.1, 0.15) is 5.82 Å². The molecular weight excluding hydrogens is 186 g/mol. The zero-order valence-electron chi connectivity index (χ0n) is 9.21. The maximum absolute atomic E-state index is 4.75. The minimum absolute atomic E-state index is 0.821. The normalized spacial score (nSPS) is 25.5. The van der Waals surface area contributed by atoms with Crippen LogP contribution >= 0.6 is 0 Å². The Bertz CT molecular complexity index is 313. The summed E-state index contributed by atoms with van der Waals surface area (Å²) in [7, 11) is 0. The summed E-state index contributed by atoms with van der Waals surface area (Å²) in [6.45, 7) is 3.56. The van der Waals surface area contributed by atoms with Gasteiger partial charge in [-0.25, -0.2) is 4.98 Å². The second-order valence-corrected chi connectivity index (χ2v) is 4.86. The number of nitrogens with zero attached hydrogens (tertiary/aromatic N) is 2. The molecule has 3 rings (SSSR count). The van der Waals surface area contributed by atoms with Crippen LogP contribution in [-0.4, -0.2) is 22.6 Å². The lowest BCUT2D eigenvalue weighted by Crippen LogP contribution is -2.10. The number of hydrogen-bond donors (Lipinski definition) is 1. The second-order valence-electron chi connectivity index (χ2n) is 4.86. The third-order valence-corrected chi connectivity index (χ3v) is 3.62. The van der Waals surface area contributed by atoms with Crippen LogP contribution in [0.3, 0.4) is 0 Å². The summed E-state index contributed by atoms with van der Waals surface area (Å²) in [6, 6.07) is 0. The van der Waals surface area contributed by atoms with Crippen molar-refractivity contribution >= 4 is 0 Å². The van der Waals surface area contributed by atoms with E-state index in [1.54, 1.807) is 0 Å². The molecule has 0 saturated carbocycles. The van der Waals surface area contributed by atoms with Gasteiger partial charge in [-0.3, -0.25) is 0 Å². The van der Waals surface area contributed by atoms with Gasteiger partial charge in [-0.05, 0) is 44.7 Å². The molecule has 1 aromatic heterocycles. The number of aryl methyl sites for hydroxylation is 2. The third-order valence-electron chi connectivity index (χ3n) is 3.62. The largest absolute Gasteiger partial charge is 0.335 e. The first-order valence-electron chi connectivity index (χ1n) is 6.17. The maximum Gasteiger partial charge on any atom is 0.108 e. The standard InChI is InChI=1S/C12H19N3/c1-2-6-15-9-11(14-12(15)3-1)7-10-4-5-13-8-10/h9-10,13H,1-8H2. The van der Waals surface area contributed by atoms with Gasteiger partial charge in [-0.15, -0.1) is 0 Å². The Morgan fingerprint density at radius 3 is 3.27 bits per heavy atom. The molecule has 15 heavy (non-hydrogen) atoms. The first-order valence-corrected chi connectivity index (χ1v) is 6.17. The maximum atomic E-state index is 4.75. The molecule has 1 atom stereocenters. The van der Waals surface area contributed by atoms with Crippen LogP contribution in [0.5, 0.6) is 0 Å². The minimum atomic E-state index is 0.821. The van der Waals surface area contributed by atoms with E-state index in [0.717, 1.165) is 5.92 Å². The molecule has 3 nitrogen and oxygen atoms in total. The van der Waals surface area contributed by atoms with Crippen molar-refractivity contribution in [1.29, 1.82) is 0 Å². The van der Waals surface area contributed by atoms with Gasteiger partial charge in [0.05, 0.1) is 5.69 Å². The number of nitrogens with one attached hydrogen (secondary N) is 1. The summed E-state index contributed by atoms with van der Waals surface area (Å²) in [5, 5.41) is 3.42.